The number of rotatable bonds is 5. The summed E-state index contributed by atoms with van der Waals surface area (Å²) in [7, 11) is 0. The van der Waals surface area contributed by atoms with E-state index in [9.17, 15) is 4.79 Å². The predicted octanol–water partition coefficient (Wildman–Crippen LogP) is 1.06. The van der Waals surface area contributed by atoms with Crippen LogP contribution in [0.5, 0.6) is 0 Å². The highest BCUT2D eigenvalue weighted by molar-refractivity contribution is 5.77. The van der Waals surface area contributed by atoms with Crippen LogP contribution in [0.15, 0.2) is 18.5 Å². The summed E-state index contributed by atoms with van der Waals surface area (Å²) in [5, 5.41) is 2.76. The van der Waals surface area contributed by atoms with Crippen molar-refractivity contribution in [1.82, 2.24) is 10.3 Å². The van der Waals surface area contributed by atoms with E-state index in [1.54, 1.807) is 0 Å². The van der Waals surface area contributed by atoms with Crippen LogP contribution in [0.1, 0.15) is 19.4 Å². The first-order chi connectivity index (χ1) is 6.68. The minimum absolute atomic E-state index is 0.0834. The molecule has 0 fully saturated rings. The minimum Gasteiger partial charge on any atom is -0.369 e. The van der Waals surface area contributed by atoms with Crippen molar-refractivity contribution in [2.45, 2.75) is 26.5 Å². The Morgan fingerprint density at radius 2 is 2.43 bits per heavy atom. The molecule has 0 spiro atoms. The molecule has 1 amide bonds. The minimum atomic E-state index is -0.0834. The highest BCUT2D eigenvalue weighted by Crippen LogP contribution is 1.95. The highest BCUT2D eigenvalue weighted by Gasteiger charge is 2.02. The van der Waals surface area contributed by atoms with Crippen molar-refractivity contribution in [3.8, 4) is 0 Å². The SMILES string of the molecule is CC(C)OCC(=O)NCc1cc[nH]c1. The van der Waals surface area contributed by atoms with E-state index in [1.807, 2.05) is 32.3 Å². The van der Waals surface area contributed by atoms with Crippen LogP contribution in [0.4, 0.5) is 0 Å². The van der Waals surface area contributed by atoms with Gasteiger partial charge in [-0.05, 0) is 25.5 Å². The van der Waals surface area contributed by atoms with Gasteiger partial charge in [0.1, 0.15) is 6.61 Å². The fourth-order valence-electron chi connectivity index (χ4n) is 0.962. The molecular formula is C10H16N2O2. The molecule has 0 aliphatic rings. The van der Waals surface area contributed by atoms with Crippen LogP contribution in [0.25, 0.3) is 0 Å². The Morgan fingerprint density at radius 1 is 1.64 bits per heavy atom. The van der Waals surface area contributed by atoms with Crippen LogP contribution in [0.2, 0.25) is 0 Å². The number of nitrogens with one attached hydrogen (secondary N) is 2. The standard InChI is InChI=1S/C10H16N2O2/c1-8(2)14-7-10(13)12-6-9-3-4-11-5-9/h3-5,8,11H,6-7H2,1-2H3,(H,12,13). The molecule has 0 saturated heterocycles. The fraction of sp³-hybridized carbons (Fsp3) is 0.500. The van der Waals surface area contributed by atoms with E-state index in [2.05, 4.69) is 10.3 Å². The van der Waals surface area contributed by atoms with Gasteiger partial charge in [0.05, 0.1) is 6.10 Å². The monoisotopic (exact) mass is 196 g/mol. The number of aromatic nitrogens is 1. The number of carbonyl (C=O) groups is 1. The second-order valence-electron chi connectivity index (χ2n) is 3.36. The third kappa shape index (κ3) is 4.09. The molecule has 0 saturated carbocycles. The highest BCUT2D eigenvalue weighted by atomic mass is 16.5. The number of H-pyrrole nitrogens is 1. The molecule has 0 aliphatic heterocycles. The van der Waals surface area contributed by atoms with Crippen molar-refractivity contribution in [2.24, 2.45) is 0 Å². The summed E-state index contributed by atoms with van der Waals surface area (Å²) in [6.07, 6.45) is 3.77. The van der Waals surface area contributed by atoms with Gasteiger partial charge >= 0.3 is 0 Å². The summed E-state index contributed by atoms with van der Waals surface area (Å²) >= 11 is 0. The van der Waals surface area contributed by atoms with Gasteiger partial charge in [-0.1, -0.05) is 0 Å². The van der Waals surface area contributed by atoms with Crippen LogP contribution in [-0.2, 0) is 16.1 Å². The molecule has 1 rings (SSSR count). The average molecular weight is 196 g/mol. The van der Waals surface area contributed by atoms with Gasteiger partial charge in [-0.2, -0.15) is 0 Å². The van der Waals surface area contributed by atoms with Crippen LogP contribution in [-0.4, -0.2) is 23.6 Å². The van der Waals surface area contributed by atoms with Crippen LogP contribution >= 0.6 is 0 Å². The Balaban J connectivity index is 2.15. The van der Waals surface area contributed by atoms with Gasteiger partial charge in [-0.15, -0.1) is 0 Å². The van der Waals surface area contributed by atoms with Gasteiger partial charge < -0.3 is 15.0 Å². The van der Waals surface area contributed by atoms with E-state index in [4.69, 9.17) is 4.74 Å². The molecule has 4 nitrogen and oxygen atoms in total. The average Bonchev–Trinajstić information content (AvgIpc) is 2.63. The molecule has 0 aromatic carbocycles. The Hall–Kier alpha value is -1.29. The number of aromatic amines is 1. The fourth-order valence-corrected chi connectivity index (χ4v) is 0.962. The molecule has 4 heteroatoms. The number of carbonyl (C=O) groups excluding carboxylic acids is 1. The third-order valence-corrected chi connectivity index (χ3v) is 1.70. The maximum atomic E-state index is 11.2. The second kappa shape index (κ2) is 5.44. The topological polar surface area (TPSA) is 54.1 Å². The lowest BCUT2D eigenvalue weighted by Crippen LogP contribution is -2.28. The first kappa shape index (κ1) is 10.8. The van der Waals surface area contributed by atoms with Gasteiger partial charge in [-0.25, -0.2) is 0 Å². The first-order valence-electron chi connectivity index (χ1n) is 4.68. The zero-order valence-corrected chi connectivity index (χ0v) is 8.54. The van der Waals surface area contributed by atoms with Crippen molar-refractivity contribution in [3.63, 3.8) is 0 Å². The Labute approximate surface area is 83.7 Å². The van der Waals surface area contributed by atoms with Crippen molar-refractivity contribution in [2.75, 3.05) is 6.61 Å². The number of amides is 1. The van der Waals surface area contributed by atoms with E-state index < -0.39 is 0 Å². The summed E-state index contributed by atoms with van der Waals surface area (Å²) in [6.45, 7) is 4.48. The second-order valence-corrected chi connectivity index (χ2v) is 3.36. The van der Waals surface area contributed by atoms with Crippen LogP contribution < -0.4 is 5.32 Å². The lowest BCUT2D eigenvalue weighted by Gasteiger charge is -2.07. The molecule has 1 aromatic heterocycles. The maximum absolute atomic E-state index is 11.2. The van der Waals surface area contributed by atoms with E-state index in [-0.39, 0.29) is 18.6 Å². The first-order valence-corrected chi connectivity index (χ1v) is 4.68. The molecule has 0 unspecified atom stereocenters. The largest absolute Gasteiger partial charge is 0.369 e. The molecule has 0 bridgehead atoms. The zero-order valence-electron chi connectivity index (χ0n) is 8.54. The molecule has 1 heterocycles. The third-order valence-electron chi connectivity index (χ3n) is 1.70. The van der Waals surface area contributed by atoms with Crippen LogP contribution in [0, 0.1) is 0 Å². The summed E-state index contributed by atoms with van der Waals surface area (Å²) < 4.78 is 5.15. The summed E-state index contributed by atoms with van der Waals surface area (Å²) in [5.74, 6) is -0.0834. The quantitative estimate of drug-likeness (QED) is 0.739. The molecular weight excluding hydrogens is 180 g/mol. The summed E-state index contributed by atoms with van der Waals surface area (Å²) in [4.78, 5) is 14.1. The zero-order chi connectivity index (χ0) is 10.4. The van der Waals surface area contributed by atoms with Gasteiger partial charge in [0.2, 0.25) is 5.91 Å². The Morgan fingerprint density at radius 3 is 3.00 bits per heavy atom. The normalized spacial score (nSPS) is 10.5. The van der Waals surface area contributed by atoms with Gasteiger partial charge in [0, 0.05) is 18.9 Å². The lowest BCUT2D eigenvalue weighted by molar-refractivity contribution is -0.127. The molecule has 14 heavy (non-hydrogen) atoms. The van der Waals surface area contributed by atoms with E-state index in [0.717, 1.165) is 5.56 Å². The van der Waals surface area contributed by atoms with Crippen molar-refractivity contribution in [1.29, 1.82) is 0 Å². The lowest BCUT2D eigenvalue weighted by atomic mass is 10.3. The molecule has 2 N–H and O–H groups in total. The smallest absolute Gasteiger partial charge is 0.246 e. The Kier molecular flexibility index (Phi) is 4.19. The molecule has 1 aromatic rings. The molecule has 0 radical (unpaired) electrons. The van der Waals surface area contributed by atoms with Crippen molar-refractivity contribution >= 4 is 5.91 Å². The molecule has 0 aliphatic carbocycles. The number of hydrogen-bond donors (Lipinski definition) is 2. The van der Waals surface area contributed by atoms with Gasteiger partial charge in [0.25, 0.3) is 0 Å². The van der Waals surface area contributed by atoms with E-state index >= 15 is 0 Å². The number of hydrogen-bond acceptors (Lipinski definition) is 2. The summed E-state index contributed by atoms with van der Waals surface area (Å²) in [6, 6.07) is 1.92. The molecule has 0 atom stereocenters. The van der Waals surface area contributed by atoms with Crippen molar-refractivity contribution in [3.05, 3.63) is 24.0 Å². The number of ether oxygens (including phenoxy) is 1. The van der Waals surface area contributed by atoms with Gasteiger partial charge in [0.15, 0.2) is 0 Å². The Bertz CT molecular complexity index is 268. The van der Waals surface area contributed by atoms with Crippen LogP contribution in [0.3, 0.4) is 0 Å². The van der Waals surface area contributed by atoms with Gasteiger partial charge in [-0.3, -0.25) is 4.79 Å². The maximum Gasteiger partial charge on any atom is 0.246 e. The van der Waals surface area contributed by atoms with E-state index in [1.165, 1.54) is 0 Å². The predicted molar refractivity (Wildman–Crippen MR) is 53.7 cm³/mol. The van der Waals surface area contributed by atoms with Crippen molar-refractivity contribution < 1.29 is 9.53 Å². The molecule has 78 valence electrons. The summed E-state index contributed by atoms with van der Waals surface area (Å²) in [5.41, 5.74) is 1.06. The van der Waals surface area contributed by atoms with E-state index in [0.29, 0.717) is 6.54 Å².